The predicted molar refractivity (Wildman–Crippen MR) is 122 cm³/mol. The van der Waals surface area contributed by atoms with Crippen molar-refractivity contribution in [1.29, 1.82) is 0 Å². The number of hydrogen-bond acceptors (Lipinski definition) is 6. The number of anilines is 1. The van der Waals surface area contributed by atoms with Crippen molar-refractivity contribution in [2.45, 2.75) is 18.6 Å². The smallest absolute Gasteiger partial charge is 0.240 e. The number of amidine groups is 1. The zero-order chi connectivity index (χ0) is 21.7. The van der Waals surface area contributed by atoms with Crippen LogP contribution in [0.2, 0.25) is 10.0 Å². The van der Waals surface area contributed by atoms with Gasteiger partial charge >= 0.3 is 0 Å². The van der Waals surface area contributed by atoms with Crippen molar-refractivity contribution in [3.05, 3.63) is 58.1 Å². The molecule has 2 aromatic carbocycles. The predicted octanol–water partition coefficient (Wildman–Crippen LogP) is 4.34. The number of nitrogens with one attached hydrogen (secondary N) is 2. The second-order valence-corrected chi connectivity index (χ2v) is 8.33. The number of halogens is 2. The molecule has 0 spiro atoms. The highest BCUT2D eigenvalue weighted by Crippen LogP contribution is 2.27. The quantitative estimate of drug-likeness (QED) is 0.491. The lowest BCUT2D eigenvalue weighted by molar-refractivity contribution is -0.122. The maximum Gasteiger partial charge on any atom is 0.240 e. The molecule has 7 nitrogen and oxygen atoms in total. The van der Waals surface area contributed by atoms with E-state index in [9.17, 15) is 9.59 Å². The van der Waals surface area contributed by atoms with Crippen LogP contribution in [-0.4, -0.2) is 35.1 Å². The molecule has 2 N–H and O–H groups in total. The summed E-state index contributed by atoms with van der Waals surface area (Å²) in [6.45, 7) is 1.81. The van der Waals surface area contributed by atoms with E-state index in [-0.39, 0.29) is 18.2 Å². The van der Waals surface area contributed by atoms with Crippen molar-refractivity contribution >= 4 is 63.3 Å². The molecule has 1 heterocycles. The fourth-order valence-electron chi connectivity index (χ4n) is 2.56. The van der Waals surface area contributed by atoms with Gasteiger partial charge in [0, 0.05) is 11.4 Å². The van der Waals surface area contributed by atoms with Crippen LogP contribution in [-0.2, 0) is 9.59 Å². The van der Waals surface area contributed by atoms with Gasteiger partial charge in [-0.1, -0.05) is 35.0 Å². The second-order valence-electron chi connectivity index (χ2n) is 6.29. The van der Waals surface area contributed by atoms with E-state index in [2.05, 4.69) is 20.8 Å². The summed E-state index contributed by atoms with van der Waals surface area (Å²) in [5.74, 6) is 0.0889. The molecule has 0 saturated carbocycles. The Hall–Kier alpha value is -2.55. The minimum Gasteiger partial charge on any atom is -0.497 e. The highest BCUT2D eigenvalue weighted by molar-refractivity contribution is 8.15. The number of carbonyl (C=O) groups is 2. The standard InChI is InChI=1S/C20H18Cl2N4O3S/c1-11(12-3-6-14(29-2)7-4-12)25-26-20-24-19(28)17(30-20)10-18(27)23-16-9-13(21)5-8-15(16)22/h3-9,17H,10H2,1-2H3,(H,23,27)(H,24,26,28)/t17-/m1/s1. The number of amides is 2. The molecule has 1 saturated heterocycles. The number of rotatable bonds is 6. The fourth-order valence-corrected chi connectivity index (χ4v) is 3.81. The van der Waals surface area contributed by atoms with Crippen LogP contribution in [0.4, 0.5) is 5.69 Å². The first kappa shape index (κ1) is 22.1. The van der Waals surface area contributed by atoms with Gasteiger partial charge in [0.15, 0.2) is 5.17 Å². The normalized spacial score (nSPS) is 17.7. The zero-order valence-electron chi connectivity index (χ0n) is 16.1. The van der Waals surface area contributed by atoms with Gasteiger partial charge < -0.3 is 15.4 Å². The summed E-state index contributed by atoms with van der Waals surface area (Å²) in [5, 5.41) is 14.1. The molecule has 1 aliphatic heterocycles. The van der Waals surface area contributed by atoms with E-state index in [4.69, 9.17) is 27.9 Å². The first-order chi connectivity index (χ1) is 14.4. The molecular formula is C20H18Cl2N4O3S. The minimum absolute atomic E-state index is 0.0421. The topological polar surface area (TPSA) is 92.2 Å². The molecular weight excluding hydrogens is 447 g/mol. The molecule has 0 aromatic heterocycles. The van der Waals surface area contributed by atoms with E-state index in [0.29, 0.717) is 26.6 Å². The van der Waals surface area contributed by atoms with Gasteiger partial charge in [0.25, 0.3) is 0 Å². The van der Waals surface area contributed by atoms with Crippen LogP contribution < -0.4 is 15.4 Å². The molecule has 156 valence electrons. The maximum absolute atomic E-state index is 12.3. The van der Waals surface area contributed by atoms with E-state index >= 15 is 0 Å². The van der Waals surface area contributed by atoms with Gasteiger partial charge in [0.1, 0.15) is 11.0 Å². The van der Waals surface area contributed by atoms with Crippen molar-refractivity contribution in [2.75, 3.05) is 12.4 Å². The highest BCUT2D eigenvalue weighted by atomic mass is 35.5. The van der Waals surface area contributed by atoms with Crippen LogP contribution in [0, 0.1) is 0 Å². The Bertz CT molecular complexity index is 1030. The van der Waals surface area contributed by atoms with Gasteiger partial charge in [0.05, 0.1) is 23.5 Å². The van der Waals surface area contributed by atoms with Gasteiger partial charge in [-0.25, -0.2) is 0 Å². The molecule has 2 aromatic rings. The minimum atomic E-state index is -0.613. The number of nitrogens with zero attached hydrogens (tertiary/aromatic N) is 2. The molecule has 0 aliphatic carbocycles. The lowest BCUT2D eigenvalue weighted by Gasteiger charge is -2.09. The molecule has 30 heavy (non-hydrogen) atoms. The number of ether oxygens (including phenoxy) is 1. The zero-order valence-corrected chi connectivity index (χ0v) is 18.4. The molecule has 1 fully saturated rings. The Balaban J connectivity index is 1.61. The van der Waals surface area contributed by atoms with Crippen molar-refractivity contribution in [3.63, 3.8) is 0 Å². The Morgan fingerprint density at radius 3 is 2.67 bits per heavy atom. The molecule has 1 atom stereocenters. The first-order valence-corrected chi connectivity index (χ1v) is 10.5. The van der Waals surface area contributed by atoms with Gasteiger partial charge in [-0.2, -0.15) is 5.10 Å². The van der Waals surface area contributed by atoms with Crippen LogP contribution >= 0.6 is 35.0 Å². The van der Waals surface area contributed by atoms with Crippen molar-refractivity contribution in [3.8, 4) is 5.75 Å². The third-order valence-electron chi connectivity index (χ3n) is 4.15. The SMILES string of the molecule is COc1ccc(C(C)=NN=C2NC(=O)[C@@H](CC(=O)Nc3cc(Cl)ccc3Cl)S2)cc1. The largest absolute Gasteiger partial charge is 0.497 e. The lowest BCUT2D eigenvalue weighted by Crippen LogP contribution is -2.28. The Labute approximate surface area is 187 Å². The fraction of sp³-hybridized carbons (Fsp3) is 0.200. The van der Waals surface area contributed by atoms with Gasteiger partial charge in [-0.05, 0) is 55.0 Å². The molecule has 10 heteroatoms. The van der Waals surface area contributed by atoms with Crippen LogP contribution in [0.15, 0.2) is 52.7 Å². The summed E-state index contributed by atoms with van der Waals surface area (Å²) >= 11 is 13.1. The molecule has 2 amide bonds. The van der Waals surface area contributed by atoms with E-state index in [1.165, 1.54) is 0 Å². The van der Waals surface area contributed by atoms with Crippen molar-refractivity contribution < 1.29 is 14.3 Å². The number of methoxy groups -OCH3 is 1. The molecule has 3 rings (SSSR count). The average Bonchev–Trinajstić information content (AvgIpc) is 3.08. The highest BCUT2D eigenvalue weighted by Gasteiger charge is 2.32. The van der Waals surface area contributed by atoms with E-state index in [1.54, 1.807) is 25.3 Å². The van der Waals surface area contributed by atoms with E-state index < -0.39 is 5.25 Å². The van der Waals surface area contributed by atoms with Crippen LogP contribution in [0.5, 0.6) is 5.75 Å². The Kier molecular flexibility index (Phi) is 7.36. The first-order valence-electron chi connectivity index (χ1n) is 8.85. The maximum atomic E-state index is 12.3. The average molecular weight is 465 g/mol. The second kappa shape index (κ2) is 9.97. The monoisotopic (exact) mass is 464 g/mol. The molecule has 0 bridgehead atoms. The Morgan fingerprint density at radius 2 is 1.97 bits per heavy atom. The number of hydrogen-bond donors (Lipinski definition) is 2. The summed E-state index contributed by atoms with van der Waals surface area (Å²) in [4.78, 5) is 24.5. The van der Waals surface area contributed by atoms with E-state index in [0.717, 1.165) is 23.1 Å². The van der Waals surface area contributed by atoms with Gasteiger partial charge in [0.2, 0.25) is 11.8 Å². The number of carbonyl (C=O) groups excluding carboxylic acids is 2. The van der Waals surface area contributed by atoms with E-state index in [1.807, 2.05) is 31.2 Å². The Morgan fingerprint density at radius 1 is 1.23 bits per heavy atom. The number of thioether (sulfide) groups is 1. The summed E-state index contributed by atoms with van der Waals surface area (Å²) in [5.41, 5.74) is 1.95. The summed E-state index contributed by atoms with van der Waals surface area (Å²) in [7, 11) is 1.60. The molecule has 0 unspecified atom stereocenters. The molecule has 1 aliphatic rings. The van der Waals surface area contributed by atoms with Gasteiger partial charge in [-0.3, -0.25) is 9.59 Å². The third-order valence-corrected chi connectivity index (χ3v) is 5.79. The molecule has 0 radical (unpaired) electrons. The van der Waals surface area contributed by atoms with Crippen molar-refractivity contribution in [2.24, 2.45) is 10.2 Å². The lowest BCUT2D eigenvalue weighted by atomic mass is 10.1. The number of benzene rings is 2. The van der Waals surface area contributed by atoms with Crippen molar-refractivity contribution in [1.82, 2.24) is 5.32 Å². The summed E-state index contributed by atoms with van der Waals surface area (Å²) in [6, 6.07) is 12.1. The third kappa shape index (κ3) is 5.75. The van der Waals surface area contributed by atoms with Gasteiger partial charge in [-0.15, -0.1) is 5.10 Å². The summed E-state index contributed by atoms with van der Waals surface area (Å²) in [6.07, 6.45) is -0.0421. The van der Waals surface area contributed by atoms with Crippen LogP contribution in [0.25, 0.3) is 0 Å². The van der Waals surface area contributed by atoms with Crippen LogP contribution in [0.3, 0.4) is 0 Å². The van der Waals surface area contributed by atoms with Crippen LogP contribution in [0.1, 0.15) is 18.9 Å². The summed E-state index contributed by atoms with van der Waals surface area (Å²) < 4.78 is 5.13.